The molecule has 3 N–H and O–H groups in total. The number of carbonyl (C=O) groups is 3. The summed E-state index contributed by atoms with van der Waals surface area (Å²) in [5, 5.41) is 27.0. The van der Waals surface area contributed by atoms with E-state index in [0.717, 1.165) is 13.8 Å². The maximum atomic E-state index is 11.5. The summed E-state index contributed by atoms with van der Waals surface area (Å²) in [5.41, 5.74) is -1.38. The van der Waals surface area contributed by atoms with Gasteiger partial charge in [-0.15, -0.1) is 0 Å². The highest BCUT2D eigenvalue weighted by Crippen LogP contribution is 2.16. The topological polar surface area (TPSA) is 121 Å². The molecule has 104 valence electrons. The second-order valence-corrected chi connectivity index (χ2v) is 4.24. The Morgan fingerprint density at radius 2 is 1.39 bits per heavy atom. The van der Waals surface area contributed by atoms with E-state index >= 15 is 0 Å². The molecule has 0 aliphatic heterocycles. The summed E-state index contributed by atoms with van der Waals surface area (Å²) in [4.78, 5) is 33.7. The van der Waals surface area contributed by atoms with Gasteiger partial charge in [0.05, 0.1) is 25.2 Å². The van der Waals surface area contributed by atoms with E-state index in [9.17, 15) is 14.4 Å². The molecule has 18 heavy (non-hydrogen) atoms. The maximum Gasteiger partial charge on any atom is 0.324 e. The minimum absolute atomic E-state index is 0.480. The molecule has 7 nitrogen and oxygen atoms in total. The van der Waals surface area contributed by atoms with Gasteiger partial charge in [0.1, 0.15) is 6.61 Å². The van der Waals surface area contributed by atoms with Crippen LogP contribution in [-0.2, 0) is 19.1 Å². The predicted molar refractivity (Wildman–Crippen MR) is 59.5 cm³/mol. The van der Waals surface area contributed by atoms with Crippen LogP contribution in [0.5, 0.6) is 0 Å². The largest absolute Gasteiger partial charge is 0.464 e. The molecule has 0 unspecified atom stereocenters. The maximum absolute atomic E-state index is 11.5. The van der Waals surface area contributed by atoms with Crippen molar-refractivity contribution in [2.45, 2.75) is 13.8 Å². The van der Waals surface area contributed by atoms with Crippen molar-refractivity contribution in [2.24, 2.45) is 11.3 Å². The molecule has 0 aromatic rings. The lowest BCUT2D eigenvalue weighted by atomic mass is 9.92. The lowest BCUT2D eigenvalue weighted by molar-refractivity contribution is -0.160. The number of hydrogen-bond acceptors (Lipinski definition) is 7. The van der Waals surface area contributed by atoms with Crippen molar-refractivity contribution in [1.29, 1.82) is 0 Å². The van der Waals surface area contributed by atoms with Crippen LogP contribution in [-0.4, -0.2) is 59.3 Å². The standard InChI is InChI=1S/C11H18O7/c1-7(15)9(8(2)16)10(17)18-6-11(3-12,4-13)5-14/h9,12-14H,3-6H2,1-2H3. The van der Waals surface area contributed by atoms with Crippen LogP contribution in [0.4, 0.5) is 0 Å². The first-order valence-electron chi connectivity index (χ1n) is 5.33. The number of aliphatic hydroxyl groups is 3. The monoisotopic (exact) mass is 262 g/mol. The van der Waals surface area contributed by atoms with E-state index in [0.29, 0.717) is 0 Å². The minimum Gasteiger partial charge on any atom is -0.464 e. The second-order valence-electron chi connectivity index (χ2n) is 4.24. The number of aliphatic hydroxyl groups excluding tert-OH is 3. The summed E-state index contributed by atoms with van der Waals surface area (Å²) in [6, 6.07) is 0. The normalized spacial score (nSPS) is 11.4. The quantitative estimate of drug-likeness (QED) is 0.351. The van der Waals surface area contributed by atoms with Crippen molar-refractivity contribution >= 4 is 17.5 Å². The molecular weight excluding hydrogens is 244 g/mol. The molecule has 0 saturated carbocycles. The van der Waals surface area contributed by atoms with Crippen LogP contribution in [0.15, 0.2) is 0 Å². The highest BCUT2D eigenvalue weighted by molar-refractivity contribution is 6.15. The Hall–Kier alpha value is -1.31. The summed E-state index contributed by atoms with van der Waals surface area (Å²) in [6.45, 7) is -0.101. The Bertz CT molecular complexity index is 297. The van der Waals surface area contributed by atoms with Gasteiger partial charge in [0.2, 0.25) is 0 Å². The lowest BCUT2D eigenvalue weighted by Crippen LogP contribution is -2.41. The number of Topliss-reactive ketones (excluding diaryl/α,β-unsaturated/α-hetero) is 2. The third-order valence-corrected chi connectivity index (χ3v) is 2.58. The summed E-state index contributed by atoms with van der Waals surface area (Å²) >= 11 is 0. The Balaban J connectivity index is 4.66. The van der Waals surface area contributed by atoms with Gasteiger partial charge in [-0.2, -0.15) is 0 Å². The van der Waals surface area contributed by atoms with Gasteiger partial charge in [0.25, 0.3) is 0 Å². The fraction of sp³-hybridized carbons (Fsp3) is 0.727. The Morgan fingerprint density at radius 1 is 1.00 bits per heavy atom. The van der Waals surface area contributed by atoms with E-state index < -0.39 is 55.3 Å². The van der Waals surface area contributed by atoms with E-state index in [1.54, 1.807) is 0 Å². The number of carbonyl (C=O) groups excluding carboxylic acids is 3. The van der Waals surface area contributed by atoms with Crippen LogP contribution in [0, 0.1) is 11.3 Å². The number of hydrogen-bond donors (Lipinski definition) is 3. The Labute approximate surface area is 104 Å². The molecule has 0 aromatic carbocycles. The molecule has 0 aliphatic carbocycles. The number of ketones is 2. The van der Waals surface area contributed by atoms with E-state index in [1.165, 1.54) is 0 Å². The fourth-order valence-electron chi connectivity index (χ4n) is 1.21. The molecule has 0 saturated heterocycles. The summed E-state index contributed by atoms with van der Waals surface area (Å²) in [6.07, 6.45) is 0. The zero-order chi connectivity index (χ0) is 14.3. The number of rotatable bonds is 8. The van der Waals surface area contributed by atoms with Crippen molar-refractivity contribution in [3.05, 3.63) is 0 Å². The molecule has 0 aliphatic rings. The zero-order valence-corrected chi connectivity index (χ0v) is 10.4. The molecule has 0 heterocycles. The Morgan fingerprint density at radius 3 is 1.67 bits per heavy atom. The average Bonchev–Trinajstić information content (AvgIpc) is 2.30. The first-order chi connectivity index (χ1) is 8.33. The van der Waals surface area contributed by atoms with Crippen molar-refractivity contribution in [1.82, 2.24) is 0 Å². The molecule has 0 rings (SSSR count). The smallest absolute Gasteiger partial charge is 0.324 e. The number of esters is 1. The highest BCUT2D eigenvalue weighted by Gasteiger charge is 2.34. The van der Waals surface area contributed by atoms with E-state index in [1.807, 2.05) is 0 Å². The minimum atomic E-state index is -1.50. The first-order valence-corrected chi connectivity index (χ1v) is 5.33. The molecule has 0 aromatic heterocycles. The lowest BCUT2D eigenvalue weighted by Gasteiger charge is -2.27. The molecule has 0 fully saturated rings. The first kappa shape index (κ1) is 16.7. The molecule has 7 heteroatoms. The van der Waals surface area contributed by atoms with Crippen molar-refractivity contribution < 1.29 is 34.4 Å². The molecule has 0 bridgehead atoms. The van der Waals surface area contributed by atoms with Gasteiger partial charge in [-0.1, -0.05) is 0 Å². The van der Waals surface area contributed by atoms with Crippen molar-refractivity contribution in [3.8, 4) is 0 Å². The highest BCUT2D eigenvalue weighted by atomic mass is 16.5. The van der Waals surface area contributed by atoms with Gasteiger partial charge >= 0.3 is 5.97 Å². The zero-order valence-electron chi connectivity index (χ0n) is 10.4. The van der Waals surface area contributed by atoms with Gasteiger partial charge in [-0.3, -0.25) is 14.4 Å². The average molecular weight is 262 g/mol. The predicted octanol–water partition coefficient (Wildman–Crippen LogP) is -1.71. The van der Waals surface area contributed by atoms with Crippen LogP contribution < -0.4 is 0 Å². The SMILES string of the molecule is CC(=O)C(C(C)=O)C(=O)OCC(CO)(CO)CO. The number of ether oxygens (including phenoxy) is 1. The van der Waals surface area contributed by atoms with Gasteiger partial charge in [0.15, 0.2) is 17.5 Å². The van der Waals surface area contributed by atoms with Crippen LogP contribution in [0.2, 0.25) is 0 Å². The molecule has 0 spiro atoms. The van der Waals surface area contributed by atoms with Gasteiger partial charge in [-0.05, 0) is 13.8 Å². The van der Waals surface area contributed by atoms with Crippen LogP contribution in [0.25, 0.3) is 0 Å². The molecule has 0 amide bonds. The van der Waals surface area contributed by atoms with Crippen molar-refractivity contribution in [2.75, 3.05) is 26.4 Å². The van der Waals surface area contributed by atoms with Gasteiger partial charge < -0.3 is 20.1 Å². The van der Waals surface area contributed by atoms with Crippen LogP contribution in [0.3, 0.4) is 0 Å². The van der Waals surface area contributed by atoms with E-state index in [2.05, 4.69) is 0 Å². The second kappa shape index (κ2) is 7.20. The van der Waals surface area contributed by atoms with Gasteiger partial charge in [0, 0.05) is 0 Å². The van der Waals surface area contributed by atoms with Crippen LogP contribution in [0.1, 0.15) is 13.8 Å². The van der Waals surface area contributed by atoms with Gasteiger partial charge in [-0.25, -0.2) is 0 Å². The third kappa shape index (κ3) is 4.17. The van der Waals surface area contributed by atoms with E-state index in [-0.39, 0.29) is 0 Å². The Kier molecular flexibility index (Phi) is 6.67. The summed E-state index contributed by atoms with van der Waals surface area (Å²) in [5.74, 6) is -3.83. The summed E-state index contributed by atoms with van der Waals surface area (Å²) in [7, 11) is 0. The third-order valence-electron chi connectivity index (χ3n) is 2.58. The van der Waals surface area contributed by atoms with E-state index in [4.69, 9.17) is 20.1 Å². The molecule has 0 atom stereocenters. The molecular formula is C11H18O7. The van der Waals surface area contributed by atoms with Crippen molar-refractivity contribution in [3.63, 3.8) is 0 Å². The fourth-order valence-corrected chi connectivity index (χ4v) is 1.21. The molecule has 0 radical (unpaired) electrons. The van der Waals surface area contributed by atoms with Crippen LogP contribution >= 0.6 is 0 Å². The summed E-state index contributed by atoms with van der Waals surface area (Å²) < 4.78 is 4.70.